The summed E-state index contributed by atoms with van der Waals surface area (Å²) in [5, 5.41) is 11.2. The summed E-state index contributed by atoms with van der Waals surface area (Å²) in [6.45, 7) is 2.26. The smallest absolute Gasteiger partial charge is 0.0540 e. The third-order valence-corrected chi connectivity index (χ3v) is 5.37. The third kappa shape index (κ3) is 20.4. The highest BCUT2D eigenvalue weighted by atomic mass is 79.9. The first-order valence-electron chi connectivity index (χ1n) is 10.5. The first-order chi connectivity index (χ1) is 11.3. The summed E-state index contributed by atoms with van der Waals surface area (Å²) in [4.78, 5) is 0. The lowest BCUT2D eigenvalue weighted by molar-refractivity contribution is 0.147. The highest BCUT2D eigenvalue weighted by molar-refractivity contribution is 9.09. The Labute approximate surface area is 155 Å². The van der Waals surface area contributed by atoms with Crippen LogP contribution in [-0.2, 0) is 0 Å². The van der Waals surface area contributed by atoms with Crippen LogP contribution in [0.15, 0.2) is 0 Å². The number of unbranched alkanes of at least 4 members (excludes halogenated alkanes) is 14. The molecular weight excluding hydrogens is 348 g/mol. The van der Waals surface area contributed by atoms with Crippen molar-refractivity contribution >= 4 is 15.9 Å². The second-order valence-electron chi connectivity index (χ2n) is 7.22. The minimum Gasteiger partial charge on any atom is -0.393 e. The van der Waals surface area contributed by atoms with Gasteiger partial charge in [0.05, 0.1) is 6.10 Å². The van der Waals surface area contributed by atoms with Crippen LogP contribution in [0.2, 0.25) is 0 Å². The van der Waals surface area contributed by atoms with E-state index in [-0.39, 0.29) is 6.10 Å². The van der Waals surface area contributed by atoms with Gasteiger partial charge >= 0.3 is 0 Å². The Morgan fingerprint density at radius 3 is 1.30 bits per heavy atom. The molecule has 1 nitrogen and oxygen atoms in total. The Kier molecular flexibility index (Phi) is 20.9. The van der Waals surface area contributed by atoms with Crippen molar-refractivity contribution in [1.29, 1.82) is 0 Å². The molecule has 0 spiro atoms. The predicted molar refractivity (Wildman–Crippen MR) is 109 cm³/mol. The molecule has 0 aliphatic rings. The number of hydrogen-bond acceptors (Lipinski definition) is 1. The molecule has 0 bridgehead atoms. The van der Waals surface area contributed by atoms with Gasteiger partial charge in [-0.05, 0) is 19.3 Å². The van der Waals surface area contributed by atoms with Crippen LogP contribution >= 0.6 is 15.9 Å². The monoisotopic (exact) mass is 390 g/mol. The van der Waals surface area contributed by atoms with Gasteiger partial charge in [0.1, 0.15) is 0 Å². The fourth-order valence-electron chi connectivity index (χ4n) is 3.19. The molecule has 0 aromatic carbocycles. The Bertz CT molecular complexity index is 208. The molecule has 0 saturated heterocycles. The SMILES string of the molecule is CCCCCCCCC(O)CCCCCCCCCCCCBr. The number of hydrogen-bond donors (Lipinski definition) is 1. The highest BCUT2D eigenvalue weighted by Crippen LogP contribution is 2.15. The van der Waals surface area contributed by atoms with Gasteiger partial charge < -0.3 is 5.11 Å². The van der Waals surface area contributed by atoms with E-state index in [2.05, 4.69) is 22.9 Å². The average molecular weight is 391 g/mol. The van der Waals surface area contributed by atoms with Crippen molar-refractivity contribution in [1.82, 2.24) is 0 Å². The standard InChI is InChI=1S/C21H43BrO/c1-2-3-4-5-12-15-18-21(23)19-16-13-10-8-6-7-9-11-14-17-20-22/h21,23H,2-20H2,1H3. The zero-order valence-corrected chi connectivity index (χ0v) is 17.4. The molecule has 0 heterocycles. The van der Waals surface area contributed by atoms with E-state index in [1.807, 2.05) is 0 Å². The quantitative estimate of drug-likeness (QED) is 0.176. The number of rotatable bonds is 19. The number of alkyl halides is 1. The van der Waals surface area contributed by atoms with Crippen molar-refractivity contribution in [2.45, 2.75) is 129 Å². The van der Waals surface area contributed by atoms with Gasteiger partial charge in [0, 0.05) is 5.33 Å². The van der Waals surface area contributed by atoms with Gasteiger partial charge in [-0.1, -0.05) is 119 Å². The van der Waals surface area contributed by atoms with Crippen molar-refractivity contribution in [3.8, 4) is 0 Å². The Morgan fingerprint density at radius 1 is 0.565 bits per heavy atom. The van der Waals surface area contributed by atoms with E-state index in [0.717, 1.165) is 18.2 Å². The molecule has 0 radical (unpaired) electrons. The molecule has 0 fully saturated rings. The summed E-state index contributed by atoms with van der Waals surface area (Å²) in [5.41, 5.74) is 0. The van der Waals surface area contributed by atoms with Crippen molar-refractivity contribution < 1.29 is 5.11 Å². The Morgan fingerprint density at radius 2 is 0.913 bits per heavy atom. The molecule has 1 unspecified atom stereocenters. The zero-order valence-electron chi connectivity index (χ0n) is 15.8. The van der Waals surface area contributed by atoms with Crippen molar-refractivity contribution in [3.63, 3.8) is 0 Å². The first kappa shape index (κ1) is 23.4. The lowest BCUT2D eigenvalue weighted by Gasteiger charge is -2.10. The number of halogens is 1. The molecule has 0 aliphatic carbocycles. The van der Waals surface area contributed by atoms with Gasteiger partial charge in [0.25, 0.3) is 0 Å². The van der Waals surface area contributed by atoms with Crippen LogP contribution in [-0.4, -0.2) is 16.5 Å². The molecule has 1 atom stereocenters. The summed E-state index contributed by atoms with van der Waals surface area (Å²) in [6.07, 6.45) is 23.7. The molecule has 1 N–H and O–H groups in total. The fraction of sp³-hybridized carbons (Fsp3) is 1.00. The molecule has 140 valence electrons. The molecule has 0 saturated carbocycles. The fourth-order valence-corrected chi connectivity index (χ4v) is 3.59. The largest absolute Gasteiger partial charge is 0.393 e. The summed E-state index contributed by atoms with van der Waals surface area (Å²) < 4.78 is 0. The van der Waals surface area contributed by atoms with E-state index >= 15 is 0 Å². The summed E-state index contributed by atoms with van der Waals surface area (Å²) in [5.74, 6) is 0. The number of aliphatic hydroxyl groups excluding tert-OH is 1. The van der Waals surface area contributed by atoms with Crippen LogP contribution in [0.1, 0.15) is 122 Å². The van der Waals surface area contributed by atoms with Crippen LogP contribution in [0.25, 0.3) is 0 Å². The molecular formula is C21H43BrO. The molecule has 2 heteroatoms. The van der Waals surface area contributed by atoms with Crippen molar-refractivity contribution in [2.75, 3.05) is 5.33 Å². The van der Waals surface area contributed by atoms with Crippen LogP contribution in [0, 0.1) is 0 Å². The predicted octanol–water partition coefficient (Wildman–Crippen LogP) is 7.78. The molecule has 0 aromatic rings. The molecule has 0 amide bonds. The minimum atomic E-state index is -0.0318. The minimum absolute atomic E-state index is 0.0318. The zero-order chi connectivity index (χ0) is 17.0. The summed E-state index contributed by atoms with van der Waals surface area (Å²) in [7, 11) is 0. The van der Waals surface area contributed by atoms with E-state index in [1.165, 1.54) is 103 Å². The molecule has 0 rings (SSSR count). The maximum Gasteiger partial charge on any atom is 0.0540 e. The summed E-state index contributed by atoms with van der Waals surface area (Å²) in [6, 6.07) is 0. The third-order valence-electron chi connectivity index (χ3n) is 4.81. The second kappa shape index (κ2) is 20.5. The van der Waals surface area contributed by atoms with Gasteiger partial charge in [-0.25, -0.2) is 0 Å². The Balaban J connectivity index is 3.10. The van der Waals surface area contributed by atoms with Gasteiger partial charge in [-0.2, -0.15) is 0 Å². The molecule has 0 aliphatic heterocycles. The van der Waals surface area contributed by atoms with E-state index in [1.54, 1.807) is 0 Å². The maximum atomic E-state index is 9.99. The van der Waals surface area contributed by atoms with E-state index < -0.39 is 0 Å². The van der Waals surface area contributed by atoms with Gasteiger partial charge in [0.15, 0.2) is 0 Å². The van der Waals surface area contributed by atoms with Crippen LogP contribution in [0.3, 0.4) is 0 Å². The summed E-state index contributed by atoms with van der Waals surface area (Å²) >= 11 is 3.49. The van der Waals surface area contributed by atoms with Gasteiger partial charge in [-0.15, -0.1) is 0 Å². The highest BCUT2D eigenvalue weighted by Gasteiger charge is 2.03. The number of aliphatic hydroxyl groups is 1. The van der Waals surface area contributed by atoms with Crippen LogP contribution < -0.4 is 0 Å². The Hall–Kier alpha value is 0.440. The lowest BCUT2D eigenvalue weighted by atomic mass is 10.0. The van der Waals surface area contributed by atoms with Gasteiger partial charge in [0.2, 0.25) is 0 Å². The van der Waals surface area contributed by atoms with E-state index in [4.69, 9.17) is 0 Å². The van der Waals surface area contributed by atoms with E-state index in [0.29, 0.717) is 0 Å². The molecule has 23 heavy (non-hydrogen) atoms. The van der Waals surface area contributed by atoms with Crippen molar-refractivity contribution in [2.24, 2.45) is 0 Å². The average Bonchev–Trinajstić information content (AvgIpc) is 2.56. The maximum absolute atomic E-state index is 9.99. The van der Waals surface area contributed by atoms with Crippen LogP contribution in [0.5, 0.6) is 0 Å². The van der Waals surface area contributed by atoms with Gasteiger partial charge in [-0.3, -0.25) is 0 Å². The van der Waals surface area contributed by atoms with Crippen molar-refractivity contribution in [3.05, 3.63) is 0 Å². The lowest BCUT2D eigenvalue weighted by Crippen LogP contribution is -2.05. The first-order valence-corrected chi connectivity index (χ1v) is 11.7. The van der Waals surface area contributed by atoms with Crippen LogP contribution in [0.4, 0.5) is 0 Å². The second-order valence-corrected chi connectivity index (χ2v) is 8.02. The normalized spacial score (nSPS) is 12.7. The molecule has 0 aromatic heterocycles. The van der Waals surface area contributed by atoms with E-state index in [9.17, 15) is 5.11 Å². The topological polar surface area (TPSA) is 20.2 Å².